The van der Waals surface area contributed by atoms with Gasteiger partial charge in [-0.05, 0) is 83.4 Å². The smallest absolute Gasteiger partial charge is 0.409 e. The molecular formula is C48H65ClN4O13S. The normalized spacial score (nSPS) is 33.1. The number of likely N-dealkylation sites (N-methyl/N-ethyl adjacent to an activating group) is 1. The molecule has 5 aliphatic rings. The Kier molecular flexibility index (Phi) is 16.6. The minimum Gasteiger partial charge on any atom is -0.495 e. The summed E-state index contributed by atoms with van der Waals surface area (Å²) in [6.07, 6.45) is 3.60. The van der Waals surface area contributed by atoms with Crippen LogP contribution in [0.15, 0.2) is 35.9 Å². The highest BCUT2D eigenvalue weighted by Crippen LogP contribution is 2.49. The van der Waals surface area contributed by atoms with Crippen LogP contribution in [0.3, 0.4) is 0 Å². The largest absolute Gasteiger partial charge is 0.495 e. The maximum Gasteiger partial charge on any atom is 0.409 e. The SMILES string of the molecule is COc1cc2cc(c1Cl)N(C)C(=O)C[C@H](OC(=O)[C@H](C)N(C)C(=O)CCSC1CC(=O)N(CC3CCC(C(C)=O)CC3)C1=O)[C@]1(C)O[C@@H]1[C@H](C)[C@@H]1C[C@@](O)(NC(=O)O1)[C@H](OC)/C=C/C=C(\C)C2. The molecule has 368 valence electrons. The lowest BCUT2D eigenvalue weighted by Gasteiger charge is -2.42. The van der Waals surface area contributed by atoms with E-state index >= 15 is 0 Å². The van der Waals surface area contributed by atoms with Gasteiger partial charge in [0.25, 0.3) is 0 Å². The zero-order chi connectivity index (χ0) is 49.1. The van der Waals surface area contributed by atoms with Gasteiger partial charge >= 0.3 is 12.1 Å². The molecule has 5 amide bonds. The Labute approximate surface area is 401 Å². The Hall–Kier alpha value is -4.49. The molecular weight excluding hydrogens is 908 g/mol. The van der Waals surface area contributed by atoms with Crippen LogP contribution in [0.5, 0.6) is 5.75 Å². The predicted molar refractivity (Wildman–Crippen MR) is 249 cm³/mol. The van der Waals surface area contributed by atoms with Crippen molar-refractivity contribution < 1.29 is 62.4 Å². The number of carbonyl (C=O) groups is 7. The Morgan fingerprint density at radius 2 is 1.79 bits per heavy atom. The van der Waals surface area contributed by atoms with Crippen molar-refractivity contribution in [3.63, 3.8) is 0 Å². The molecule has 0 spiro atoms. The van der Waals surface area contributed by atoms with Crippen molar-refractivity contribution in [1.29, 1.82) is 0 Å². The van der Waals surface area contributed by atoms with Crippen molar-refractivity contribution in [2.24, 2.45) is 17.8 Å². The lowest BCUT2D eigenvalue weighted by Crippen LogP contribution is -2.63. The Balaban J connectivity index is 1.16. The molecule has 4 fully saturated rings. The number of ether oxygens (including phenoxy) is 5. The van der Waals surface area contributed by atoms with E-state index in [1.165, 1.54) is 54.7 Å². The average molecular weight is 974 g/mol. The van der Waals surface area contributed by atoms with E-state index in [1.807, 2.05) is 13.0 Å². The molecule has 0 radical (unpaired) electrons. The van der Waals surface area contributed by atoms with Crippen LogP contribution in [0, 0.1) is 17.8 Å². The van der Waals surface area contributed by atoms with Crippen LogP contribution in [0.1, 0.15) is 91.5 Å². The number of nitrogens with zero attached hydrogens (tertiary/aromatic N) is 3. The van der Waals surface area contributed by atoms with Gasteiger partial charge in [0.2, 0.25) is 23.6 Å². The summed E-state index contributed by atoms with van der Waals surface area (Å²) in [6, 6.07) is 2.43. The van der Waals surface area contributed by atoms with Crippen molar-refractivity contribution in [1.82, 2.24) is 15.1 Å². The van der Waals surface area contributed by atoms with E-state index in [-0.39, 0.29) is 65.9 Å². The molecule has 1 aliphatic carbocycles. The second-order valence-corrected chi connectivity index (χ2v) is 20.6. The molecule has 3 saturated heterocycles. The molecule has 1 aromatic carbocycles. The number of fused-ring (bicyclic) bond motifs is 5. The van der Waals surface area contributed by atoms with Crippen LogP contribution in [0.4, 0.5) is 10.5 Å². The van der Waals surface area contributed by atoms with Gasteiger partial charge in [0.1, 0.15) is 46.5 Å². The number of aliphatic hydroxyl groups is 1. The van der Waals surface area contributed by atoms with Crippen LogP contribution >= 0.6 is 23.4 Å². The number of benzene rings is 1. The Morgan fingerprint density at radius 1 is 1.09 bits per heavy atom. The fraction of sp³-hybridized carbons (Fsp3) is 0.646. The summed E-state index contributed by atoms with van der Waals surface area (Å²) in [5.41, 5.74) is -1.13. The number of carbonyl (C=O) groups excluding carboxylic acids is 7. The number of imide groups is 1. The van der Waals surface area contributed by atoms with E-state index < -0.39 is 76.8 Å². The van der Waals surface area contributed by atoms with Gasteiger partial charge in [-0.2, -0.15) is 0 Å². The number of allylic oxidation sites excluding steroid dienone is 3. The predicted octanol–water partition coefficient (Wildman–Crippen LogP) is 5.16. The maximum absolute atomic E-state index is 14.3. The van der Waals surface area contributed by atoms with E-state index in [0.29, 0.717) is 24.4 Å². The highest BCUT2D eigenvalue weighted by Gasteiger charge is 2.64. The van der Waals surface area contributed by atoms with Crippen LogP contribution in [0.25, 0.3) is 0 Å². The van der Waals surface area contributed by atoms with Gasteiger partial charge in [-0.25, -0.2) is 9.59 Å². The summed E-state index contributed by atoms with van der Waals surface area (Å²) in [5.74, 6) is -1.84. The quantitative estimate of drug-likeness (QED) is 0.158. The van der Waals surface area contributed by atoms with Crippen molar-refractivity contribution in [3.8, 4) is 5.75 Å². The van der Waals surface area contributed by atoms with Crippen LogP contribution < -0.4 is 15.0 Å². The first-order valence-corrected chi connectivity index (χ1v) is 24.3. The van der Waals surface area contributed by atoms with E-state index in [4.69, 9.17) is 35.3 Å². The van der Waals surface area contributed by atoms with Crippen molar-refractivity contribution >= 4 is 70.5 Å². The molecule has 9 atom stereocenters. The zero-order valence-electron chi connectivity index (χ0n) is 39.8. The summed E-state index contributed by atoms with van der Waals surface area (Å²) in [7, 11) is 5.91. The number of rotatable bonds is 12. The van der Waals surface area contributed by atoms with Gasteiger partial charge in [-0.3, -0.25) is 34.2 Å². The first-order valence-electron chi connectivity index (χ1n) is 22.9. The summed E-state index contributed by atoms with van der Waals surface area (Å²) >= 11 is 8.04. The van der Waals surface area contributed by atoms with Crippen molar-refractivity contribution in [3.05, 3.63) is 46.5 Å². The number of nitrogens with one attached hydrogen (secondary N) is 1. The molecule has 19 heteroatoms. The third kappa shape index (κ3) is 11.7. The average Bonchev–Trinajstić information content (AvgIpc) is 3.91. The molecule has 17 nitrogen and oxygen atoms in total. The molecule has 1 saturated carbocycles. The number of anilines is 1. The van der Waals surface area contributed by atoms with Gasteiger partial charge < -0.3 is 38.6 Å². The number of alkyl carbamates (subject to hydrolysis) is 1. The van der Waals surface area contributed by atoms with Gasteiger partial charge in [-0.1, -0.05) is 42.3 Å². The number of thioether (sulfide) groups is 1. The number of ketones is 1. The first kappa shape index (κ1) is 51.9. The monoisotopic (exact) mass is 972 g/mol. The number of epoxide rings is 1. The highest BCUT2D eigenvalue weighted by molar-refractivity contribution is 8.00. The third-order valence-electron chi connectivity index (χ3n) is 14.2. The molecule has 0 aromatic heterocycles. The maximum atomic E-state index is 14.3. The lowest BCUT2D eigenvalue weighted by molar-refractivity contribution is -0.162. The number of Topliss-reactive ketones (excluding diaryl/α,β-unsaturated/α-hetero) is 1. The molecule has 67 heavy (non-hydrogen) atoms. The van der Waals surface area contributed by atoms with E-state index in [1.54, 1.807) is 52.1 Å². The number of hydrogen-bond acceptors (Lipinski definition) is 14. The summed E-state index contributed by atoms with van der Waals surface area (Å²) in [4.78, 5) is 96.8. The van der Waals surface area contributed by atoms with Crippen LogP contribution in [-0.4, -0.2) is 144 Å². The molecule has 6 rings (SSSR count). The highest BCUT2D eigenvalue weighted by atomic mass is 35.5. The number of halogens is 1. The van der Waals surface area contributed by atoms with E-state index in [0.717, 1.165) is 36.8 Å². The lowest BCUT2D eigenvalue weighted by atomic mass is 9.80. The molecule has 4 aliphatic heterocycles. The minimum atomic E-state index is -1.87. The number of likely N-dealkylation sites (tertiary alicyclic amines) is 1. The van der Waals surface area contributed by atoms with Gasteiger partial charge in [-0.15, -0.1) is 11.8 Å². The van der Waals surface area contributed by atoms with Crippen molar-refractivity contribution in [2.45, 2.75) is 139 Å². The second kappa shape index (κ2) is 21.4. The molecule has 2 N–H and O–H groups in total. The number of hydrogen-bond donors (Lipinski definition) is 2. The molecule has 4 heterocycles. The molecule has 4 bridgehead atoms. The van der Waals surface area contributed by atoms with Crippen LogP contribution in [-0.2, 0) is 54.1 Å². The standard InChI is InChI=1S/C48H65ClN4O13S/c1-26-11-10-12-37(63-9)48(61)24-35(64-46(60)50-48)27(2)43-47(5,66-43)38(23-40(56)52(7)33-20-31(19-26)21-34(62-8)42(33)49)65-45(59)28(3)51(6)39(55)17-18-67-36-22-41(57)53(44(36)58)25-30-13-15-32(16-14-30)29(4)54/h10-12,20-21,27-28,30,32,35-38,43,61H,13-19,22-25H2,1-9H3,(H,50,60)/b12-10+,26-11+/t27-,28+,30?,32?,35+,36?,37-,38+,43-,47+,48+/m1/s1. The second-order valence-electron chi connectivity index (χ2n) is 18.9. The van der Waals surface area contributed by atoms with Crippen molar-refractivity contribution in [2.75, 3.05) is 45.5 Å². The van der Waals surface area contributed by atoms with E-state index in [2.05, 4.69) is 5.32 Å². The fourth-order valence-corrected chi connectivity index (χ4v) is 11.1. The van der Waals surface area contributed by atoms with E-state index in [9.17, 15) is 38.7 Å². The zero-order valence-corrected chi connectivity index (χ0v) is 41.4. The summed E-state index contributed by atoms with van der Waals surface area (Å²) < 4.78 is 29.4. The van der Waals surface area contributed by atoms with Gasteiger partial charge in [0.05, 0.1) is 30.6 Å². The first-order chi connectivity index (χ1) is 31.6. The topological polar surface area (TPSA) is 211 Å². The molecule has 1 unspecified atom stereocenters. The Bertz CT molecular complexity index is 2160. The third-order valence-corrected chi connectivity index (χ3v) is 15.8. The summed E-state index contributed by atoms with van der Waals surface area (Å²) in [6.45, 7) is 8.82. The summed E-state index contributed by atoms with van der Waals surface area (Å²) in [5, 5.41) is 13.9. The Morgan fingerprint density at radius 3 is 2.45 bits per heavy atom. The van der Waals surface area contributed by atoms with Gasteiger partial charge in [0.15, 0.2) is 5.72 Å². The minimum absolute atomic E-state index is 0.0292. The number of amides is 5. The number of methoxy groups -OCH3 is 2. The van der Waals surface area contributed by atoms with Crippen LogP contribution in [0.2, 0.25) is 5.02 Å². The fourth-order valence-electron chi connectivity index (χ4n) is 9.67. The van der Waals surface area contributed by atoms with Gasteiger partial charge in [0, 0.05) is 64.6 Å². The number of esters is 1. The molecule has 1 aromatic rings.